The Hall–Kier alpha value is -0.0800. The van der Waals surface area contributed by atoms with Gasteiger partial charge in [-0.05, 0) is 32.7 Å². The van der Waals surface area contributed by atoms with Crippen molar-refractivity contribution in [3.63, 3.8) is 0 Å². The number of hydrogen-bond donors (Lipinski definition) is 1. The van der Waals surface area contributed by atoms with Crippen molar-refractivity contribution < 1.29 is 5.11 Å². The summed E-state index contributed by atoms with van der Waals surface area (Å²) < 4.78 is 0. The lowest BCUT2D eigenvalue weighted by atomic mass is 9.87. The summed E-state index contributed by atoms with van der Waals surface area (Å²) in [5.41, 5.74) is 0. The zero-order chi connectivity index (χ0) is 13.5. The monoisotopic (exact) mass is 267 g/mol. The Labute approximate surface area is 119 Å². The van der Waals surface area contributed by atoms with Crippen LogP contribution in [-0.4, -0.2) is 35.2 Å². The van der Waals surface area contributed by atoms with Gasteiger partial charge in [0, 0.05) is 12.1 Å². The van der Waals surface area contributed by atoms with Gasteiger partial charge in [-0.3, -0.25) is 4.90 Å². The van der Waals surface area contributed by atoms with Gasteiger partial charge in [-0.15, -0.1) is 0 Å². The molecule has 2 saturated carbocycles. The van der Waals surface area contributed by atoms with Crippen LogP contribution >= 0.6 is 0 Å². The minimum absolute atomic E-state index is 0.0926. The molecule has 112 valence electrons. The Kier molecular flexibility index (Phi) is 6.66. The van der Waals surface area contributed by atoms with E-state index < -0.39 is 0 Å². The second-order valence-electron chi connectivity index (χ2n) is 6.79. The molecule has 0 aliphatic heterocycles. The summed E-state index contributed by atoms with van der Waals surface area (Å²) in [6.45, 7) is 0. The van der Waals surface area contributed by atoms with Crippen LogP contribution in [0.15, 0.2) is 0 Å². The van der Waals surface area contributed by atoms with Crippen molar-refractivity contribution in [2.24, 2.45) is 0 Å². The average molecular weight is 267 g/mol. The van der Waals surface area contributed by atoms with Crippen LogP contribution in [0.1, 0.15) is 83.5 Å². The quantitative estimate of drug-likeness (QED) is 0.813. The zero-order valence-corrected chi connectivity index (χ0v) is 12.8. The lowest BCUT2D eigenvalue weighted by Gasteiger charge is -2.42. The molecule has 0 aromatic carbocycles. The van der Waals surface area contributed by atoms with Crippen molar-refractivity contribution in [2.75, 3.05) is 7.05 Å². The molecule has 0 spiro atoms. The van der Waals surface area contributed by atoms with Crippen LogP contribution in [0, 0.1) is 0 Å². The third-order valence-corrected chi connectivity index (χ3v) is 5.37. The van der Waals surface area contributed by atoms with E-state index in [-0.39, 0.29) is 6.10 Å². The van der Waals surface area contributed by atoms with Gasteiger partial charge >= 0.3 is 0 Å². The summed E-state index contributed by atoms with van der Waals surface area (Å²) >= 11 is 0. The standard InChI is InChI=1S/C17H33NO/c1-18(15-11-10-12-15)16-13-8-6-4-2-3-5-7-9-14-17(16)19/h15-17,19H,2-14H2,1H3. The number of hydrogen-bond acceptors (Lipinski definition) is 2. The smallest absolute Gasteiger partial charge is 0.0695 e. The lowest BCUT2D eigenvalue weighted by Crippen LogP contribution is -2.49. The molecule has 0 bridgehead atoms. The van der Waals surface area contributed by atoms with Crippen LogP contribution in [0.4, 0.5) is 0 Å². The van der Waals surface area contributed by atoms with Crippen LogP contribution in [-0.2, 0) is 0 Å². The molecular formula is C17H33NO. The lowest BCUT2D eigenvalue weighted by molar-refractivity contribution is 0.00818. The highest BCUT2D eigenvalue weighted by Crippen LogP contribution is 2.29. The third-order valence-electron chi connectivity index (χ3n) is 5.37. The molecule has 19 heavy (non-hydrogen) atoms. The fourth-order valence-corrected chi connectivity index (χ4v) is 3.69. The molecule has 0 heterocycles. The van der Waals surface area contributed by atoms with Crippen molar-refractivity contribution in [1.82, 2.24) is 4.90 Å². The fourth-order valence-electron chi connectivity index (χ4n) is 3.69. The second kappa shape index (κ2) is 8.26. The van der Waals surface area contributed by atoms with Crippen molar-refractivity contribution >= 4 is 0 Å². The van der Waals surface area contributed by atoms with E-state index in [0.717, 1.165) is 12.5 Å². The van der Waals surface area contributed by atoms with Gasteiger partial charge in [0.1, 0.15) is 0 Å². The predicted octanol–water partition coefficient (Wildman–Crippen LogP) is 4.11. The summed E-state index contributed by atoms with van der Waals surface area (Å²) in [5, 5.41) is 10.6. The number of rotatable bonds is 2. The van der Waals surface area contributed by atoms with E-state index in [0.29, 0.717) is 6.04 Å². The van der Waals surface area contributed by atoms with E-state index in [2.05, 4.69) is 11.9 Å². The molecule has 2 atom stereocenters. The Morgan fingerprint density at radius 3 is 1.74 bits per heavy atom. The zero-order valence-electron chi connectivity index (χ0n) is 12.8. The molecular weight excluding hydrogens is 234 g/mol. The molecule has 0 saturated heterocycles. The van der Waals surface area contributed by atoms with E-state index in [9.17, 15) is 5.11 Å². The first-order valence-corrected chi connectivity index (χ1v) is 8.69. The van der Waals surface area contributed by atoms with Crippen LogP contribution < -0.4 is 0 Å². The first-order valence-electron chi connectivity index (χ1n) is 8.69. The molecule has 1 N–H and O–H groups in total. The second-order valence-corrected chi connectivity index (χ2v) is 6.79. The fraction of sp³-hybridized carbons (Fsp3) is 1.00. The van der Waals surface area contributed by atoms with Crippen LogP contribution in [0.3, 0.4) is 0 Å². The Bertz CT molecular complexity index is 239. The van der Waals surface area contributed by atoms with Gasteiger partial charge in [0.15, 0.2) is 0 Å². The summed E-state index contributed by atoms with van der Waals surface area (Å²) in [5.74, 6) is 0. The highest BCUT2D eigenvalue weighted by Gasteiger charge is 2.31. The van der Waals surface area contributed by atoms with E-state index in [4.69, 9.17) is 0 Å². The van der Waals surface area contributed by atoms with Crippen LogP contribution in [0.25, 0.3) is 0 Å². The van der Waals surface area contributed by atoms with Crippen molar-refractivity contribution in [3.05, 3.63) is 0 Å². The maximum absolute atomic E-state index is 10.6. The molecule has 0 radical (unpaired) electrons. The highest BCUT2D eigenvalue weighted by molar-refractivity contribution is 4.86. The molecule has 0 amide bonds. The SMILES string of the molecule is CN(C1CCC1)C1CCCCCCCCCCC1O. The summed E-state index contributed by atoms with van der Waals surface area (Å²) in [4.78, 5) is 2.51. The minimum Gasteiger partial charge on any atom is -0.391 e. The average Bonchev–Trinajstić information content (AvgIpc) is 2.31. The molecule has 2 unspecified atom stereocenters. The van der Waals surface area contributed by atoms with Crippen molar-refractivity contribution in [2.45, 2.75) is 102 Å². The van der Waals surface area contributed by atoms with Crippen molar-refractivity contribution in [1.29, 1.82) is 0 Å². The number of aliphatic hydroxyl groups excluding tert-OH is 1. The molecule has 2 heteroatoms. The third kappa shape index (κ3) is 4.75. The molecule has 0 aromatic rings. The molecule has 0 aromatic heterocycles. The predicted molar refractivity (Wildman–Crippen MR) is 81.4 cm³/mol. The molecule has 2 fully saturated rings. The van der Waals surface area contributed by atoms with Gasteiger partial charge in [0.25, 0.3) is 0 Å². The number of likely N-dealkylation sites (N-methyl/N-ethyl adjacent to an activating group) is 1. The largest absolute Gasteiger partial charge is 0.391 e. The van der Waals surface area contributed by atoms with Gasteiger partial charge in [0.05, 0.1) is 6.10 Å². The van der Waals surface area contributed by atoms with E-state index >= 15 is 0 Å². The van der Waals surface area contributed by atoms with E-state index in [1.54, 1.807) is 0 Å². The molecule has 2 aliphatic rings. The first kappa shape index (κ1) is 15.3. The normalized spacial score (nSPS) is 32.4. The summed E-state index contributed by atoms with van der Waals surface area (Å²) in [7, 11) is 2.25. The topological polar surface area (TPSA) is 23.5 Å². The van der Waals surface area contributed by atoms with Gasteiger partial charge in [-0.2, -0.15) is 0 Å². The maximum Gasteiger partial charge on any atom is 0.0695 e. The van der Waals surface area contributed by atoms with Gasteiger partial charge < -0.3 is 5.11 Å². The summed E-state index contributed by atoms with van der Waals surface area (Å²) in [6, 6.07) is 1.18. The number of aliphatic hydroxyl groups is 1. The summed E-state index contributed by atoms with van der Waals surface area (Å²) in [6.07, 6.45) is 17.0. The number of nitrogens with zero attached hydrogens (tertiary/aromatic N) is 1. The van der Waals surface area contributed by atoms with Gasteiger partial charge in [0.2, 0.25) is 0 Å². The van der Waals surface area contributed by atoms with Gasteiger partial charge in [-0.25, -0.2) is 0 Å². The van der Waals surface area contributed by atoms with E-state index in [1.807, 2.05) is 0 Å². The maximum atomic E-state index is 10.6. The van der Waals surface area contributed by atoms with Crippen LogP contribution in [0.5, 0.6) is 0 Å². The Morgan fingerprint density at radius 2 is 1.21 bits per heavy atom. The Balaban J connectivity index is 1.86. The van der Waals surface area contributed by atoms with Crippen LogP contribution in [0.2, 0.25) is 0 Å². The Morgan fingerprint density at radius 1 is 0.684 bits per heavy atom. The highest BCUT2D eigenvalue weighted by atomic mass is 16.3. The molecule has 2 rings (SSSR count). The van der Waals surface area contributed by atoms with Gasteiger partial charge in [-0.1, -0.05) is 57.8 Å². The molecule has 2 aliphatic carbocycles. The molecule has 2 nitrogen and oxygen atoms in total. The minimum atomic E-state index is -0.0926. The van der Waals surface area contributed by atoms with Crippen molar-refractivity contribution in [3.8, 4) is 0 Å². The first-order chi connectivity index (χ1) is 9.29. The van der Waals surface area contributed by atoms with E-state index in [1.165, 1.54) is 77.0 Å².